The number of allylic oxidation sites excluding steroid dienone is 4. The van der Waals surface area contributed by atoms with Crippen molar-refractivity contribution < 1.29 is 33.8 Å². The van der Waals surface area contributed by atoms with E-state index in [0.29, 0.717) is 19.3 Å². The molecular weight excluding hydrogens is 512 g/mol. The lowest BCUT2D eigenvalue weighted by atomic mass is 9.45. The minimum absolute atomic E-state index is 0.0837. The van der Waals surface area contributed by atoms with Gasteiger partial charge in [0.1, 0.15) is 13.3 Å². The maximum atomic E-state index is 14.0. The van der Waals surface area contributed by atoms with Crippen LogP contribution in [0.4, 0.5) is 0 Å². The summed E-state index contributed by atoms with van der Waals surface area (Å²) in [5, 5.41) is 14.3. The van der Waals surface area contributed by atoms with Crippen molar-refractivity contribution in [3.63, 3.8) is 0 Å². The topological polar surface area (TPSA) is 145 Å². The number of hydrogen-bond acceptors (Lipinski definition) is 8. The zero-order valence-electron chi connectivity index (χ0n) is 22.6. The van der Waals surface area contributed by atoms with Crippen LogP contribution in [0.5, 0.6) is 0 Å². The summed E-state index contributed by atoms with van der Waals surface area (Å²) < 4.78 is 11.6. The number of amides is 1. The van der Waals surface area contributed by atoms with E-state index in [-0.39, 0.29) is 56.3 Å². The Hall–Kier alpha value is -2.07. The molecule has 0 aromatic heterocycles. The molecule has 4 aliphatic carbocycles. The van der Waals surface area contributed by atoms with Crippen molar-refractivity contribution in [1.29, 1.82) is 0 Å². The van der Waals surface area contributed by atoms with Gasteiger partial charge in [0.05, 0.1) is 17.5 Å². The van der Waals surface area contributed by atoms with Crippen molar-refractivity contribution in [3.8, 4) is 0 Å². The van der Waals surface area contributed by atoms with E-state index in [2.05, 4.69) is 5.32 Å². The summed E-state index contributed by atoms with van der Waals surface area (Å²) in [7, 11) is 0. The number of nitrogens with one attached hydrogen (secondary N) is 1. The van der Waals surface area contributed by atoms with Crippen LogP contribution in [-0.4, -0.2) is 65.0 Å². The summed E-state index contributed by atoms with van der Waals surface area (Å²) in [5.41, 5.74) is 3.04. The Morgan fingerprint density at radius 2 is 1.97 bits per heavy atom. The van der Waals surface area contributed by atoms with Gasteiger partial charge in [0.15, 0.2) is 11.4 Å². The highest BCUT2D eigenvalue weighted by atomic mass is 35.5. The number of Topliss-reactive ketones (excluding diaryl/α,β-unsaturated/α-hetero) is 1. The number of rotatable bonds is 8. The van der Waals surface area contributed by atoms with Crippen LogP contribution in [0.3, 0.4) is 0 Å². The summed E-state index contributed by atoms with van der Waals surface area (Å²) >= 11 is 7.50. The Labute approximate surface area is 228 Å². The molecule has 0 unspecified atom stereocenters. The second-order valence-electron chi connectivity index (χ2n) is 11.7. The lowest BCUT2D eigenvalue weighted by Gasteiger charge is -2.64. The number of carbonyl (C=O) groups excluding carboxylic acids is 4. The van der Waals surface area contributed by atoms with Crippen LogP contribution >= 0.6 is 11.6 Å². The molecule has 38 heavy (non-hydrogen) atoms. The highest BCUT2D eigenvalue weighted by Crippen LogP contribution is 2.72. The second-order valence-corrected chi connectivity index (χ2v) is 12.3. The number of carbonyl (C=O) groups is 4. The van der Waals surface area contributed by atoms with E-state index in [0.717, 1.165) is 5.57 Å². The molecule has 4 rings (SSSR count). The first-order valence-corrected chi connectivity index (χ1v) is 13.8. The maximum Gasteiger partial charge on any atom is 0.306 e. The van der Waals surface area contributed by atoms with E-state index >= 15 is 0 Å². The molecule has 3 fully saturated rings. The number of aliphatic hydroxyl groups excluding tert-OH is 1. The van der Waals surface area contributed by atoms with Crippen LogP contribution in [0.1, 0.15) is 59.8 Å². The molecule has 4 aliphatic rings. The molecule has 0 aliphatic heterocycles. The number of aliphatic hydroxyl groups is 1. The molecule has 8 atom stereocenters. The van der Waals surface area contributed by atoms with Crippen molar-refractivity contribution in [1.82, 2.24) is 5.32 Å². The Morgan fingerprint density at radius 3 is 2.63 bits per heavy atom. The number of alkyl halides is 1. The summed E-state index contributed by atoms with van der Waals surface area (Å²) in [6.07, 6.45) is 6.04. The van der Waals surface area contributed by atoms with Crippen molar-refractivity contribution in [3.05, 3.63) is 23.8 Å². The Kier molecular flexibility index (Phi) is 7.73. The van der Waals surface area contributed by atoms with Gasteiger partial charge in [-0.15, -0.1) is 11.6 Å². The van der Waals surface area contributed by atoms with Gasteiger partial charge in [-0.1, -0.05) is 39.3 Å². The Bertz CT molecular complexity index is 1090. The first kappa shape index (κ1) is 28.9. The number of esters is 1. The predicted molar refractivity (Wildman–Crippen MR) is 140 cm³/mol. The van der Waals surface area contributed by atoms with Gasteiger partial charge in [0, 0.05) is 23.2 Å². The first-order valence-electron chi connectivity index (χ1n) is 13.4. The van der Waals surface area contributed by atoms with Gasteiger partial charge in [-0.05, 0) is 49.7 Å². The molecule has 10 heteroatoms. The number of nitrogens with two attached hydrogens (primary N) is 1. The van der Waals surface area contributed by atoms with E-state index in [1.165, 1.54) is 6.08 Å². The van der Waals surface area contributed by atoms with E-state index in [9.17, 15) is 24.3 Å². The Balaban J connectivity index is 1.72. The van der Waals surface area contributed by atoms with Crippen molar-refractivity contribution in [2.24, 2.45) is 34.3 Å². The molecule has 210 valence electrons. The quantitative estimate of drug-likeness (QED) is 0.180. The normalized spacial score (nSPS) is 41.4. The number of ether oxygens (including phenoxy) is 2. The molecule has 4 N–H and O–H groups in total. The van der Waals surface area contributed by atoms with Gasteiger partial charge in [-0.25, -0.2) is 0 Å². The highest BCUT2D eigenvalue weighted by molar-refractivity contribution is 6.26. The third kappa shape index (κ3) is 4.00. The third-order valence-electron chi connectivity index (χ3n) is 9.95. The van der Waals surface area contributed by atoms with E-state index in [1.807, 2.05) is 26.8 Å². The monoisotopic (exact) mass is 550 g/mol. The van der Waals surface area contributed by atoms with Crippen molar-refractivity contribution in [2.75, 3.05) is 19.9 Å². The third-order valence-corrected chi connectivity index (χ3v) is 10.9. The SMILES string of the molecule is CCC(=O)O[C@]1(C(=O)COCNC(=O)CN)[C@@H](C)C[C@H]2[C@@H]3CCC4=CC(=O)C=C[C@]4(C)[C@@]3(Cl)[C@@H](O)C[C@@]21C. The standard InChI is InChI=1S/C28H39ClN2O7/c1-5-24(36)38-28(22(34)14-37-15-31-23(35)13-30)16(2)10-20-19-7-6-17-11-18(32)8-9-25(17,3)27(19,29)21(33)12-26(20,28)4/h8-9,11,16,19-21,33H,5-7,10,12-15,30H2,1-4H3,(H,31,35)/t16-,19-,20-,21-,25-,26-,27-,28-/m0/s1. The number of hydrogen-bond donors (Lipinski definition) is 3. The predicted octanol–water partition coefficient (Wildman–Crippen LogP) is 2.18. The van der Waals surface area contributed by atoms with Crippen LogP contribution < -0.4 is 11.1 Å². The van der Waals surface area contributed by atoms with Crippen LogP contribution in [0.15, 0.2) is 23.8 Å². The molecule has 1 amide bonds. The lowest BCUT2D eigenvalue weighted by molar-refractivity contribution is -0.203. The molecule has 0 radical (unpaired) electrons. The molecule has 0 aromatic rings. The van der Waals surface area contributed by atoms with Crippen LogP contribution in [0.2, 0.25) is 0 Å². The maximum absolute atomic E-state index is 14.0. The average molecular weight is 551 g/mol. The molecular formula is C28H39ClN2O7. The highest BCUT2D eigenvalue weighted by Gasteiger charge is 2.76. The van der Waals surface area contributed by atoms with Gasteiger partial charge in [0.25, 0.3) is 0 Å². The minimum Gasteiger partial charge on any atom is -0.450 e. The smallest absolute Gasteiger partial charge is 0.306 e. The summed E-state index contributed by atoms with van der Waals surface area (Å²) in [5.74, 6) is -2.10. The number of fused-ring (bicyclic) bond motifs is 5. The van der Waals surface area contributed by atoms with E-state index in [1.54, 1.807) is 13.0 Å². The molecule has 0 saturated heterocycles. The van der Waals surface area contributed by atoms with Crippen LogP contribution in [0.25, 0.3) is 0 Å². The zero-order valence-corrected chi connectivity index (χ0v) is 23.3. The van der Waals surface area contributed by atoms with Crippen molar-refractivity contribution in [2.45, 2.75) is 76.4 Å². The van der Waals surface area contributed by atoms with E-state index < -0.39 is 45.1 Å². The van der Waals surface area contributed by atoms with Gasteiger partial charge < -0.3 is 25.6 Å². The van der Waals surface area contributed by atoms with Gasteiger partial charge in [-0.2, -0.15) is 0 Å². The minimum atomic E-state index is -1.53. The number of ketones is 2. The largest absolute Gasteiger partial charge is 0.450 e. The fourth-order valence-corrected chi connectivity index (χ4v) is 8.63. The molecule has 0 spiro atoms. The molecule has 0 heterocycles. The molecule has 9 nitrogen and oxygen atoms in total. The zero-order chi connectivity index (χ0) is 28.1. The molecule has 3 saturated carbocycles. The number of halogens is 1. The van der Waals surface area contributed by atoms with Gasteiger partial charge >= 0.3 is 5.97 Å². The fraction of sp³-hybridized carbons (Fsp3) is 0.714. The van der Waals surface area contributed by atoms with E-state index in [4.69, 9.17) is 26.8 Å². The molecule has 0 bridgehead atoms. The summed E-state index contributed by atoms with van der Waals surface area (Å²) in [6.45, 7) is 6.68. The summed E-state index contributed by atoms with van der Waals surface area (Å²) in [4.78, 5) is 49.2. The van der Waals surface area contributed by atoms with Crippen LogP contribution in [0, 0.1) is 28.6 Å². The first-order chi connectivity index (χ1) is 17.8. The molecule has 0 aromatic carbocycles. The lowest BCUT2D eigenvalue weighted by Crippen LogP contribution is -2.69. The van der Waals surface area contributed by atoms with Gasteiger partial charge in [-0.3, -0.25) is 19.2 Å². The average Bonchev–Trinajstić information content (AvgIpc) is 3.09. The Morgan fingerprint density at radius 1 is 1.26 bits per heavy atom. The summed E-state index contributed by atoms with van der Waals surface area (Å²) in [6, 6.07) is 0. The van der Waals surface area contributed by atoms with Crippen molar-refractivity contribution >= 4 is 35.0 Å². The fourth-order valence-electron chi connectivity index (χ4n) is 8.11. The second kappa shape index (κ2) is 10.2. The van der Waals surface area contributed by atoms with Gasteiger partial charge in [0.2, 0.25) is 11.7 Å². The van der Waals surface area contributed by atoms with Crippen LogP contribution in [-0.2, 0) is 28.7 Å².